The molecule has 0 aromatic heterocycles. The zero-order valence-electron chi connectivity index (χ0n) is 14.4. The van der Waals surface area contributed by atoms with Gasteiger partial charge in [0.05, 0.1) is 12.0 Å². The standard InChI is InChI=1S/C17H27Cl2N3O2/c1-16(13-17(16,18)19)15(24)22-10-8-20(9-11-22)12-14(23)21-6-4-2-3-5-7-21/h2-13H2,1H3. The minimum absolute atomic E-state index is 0.0472. The van der Waals surface area contributed by atoms with Crippen LogP contribution >= 0.6 is 23.2 Å². The summed E-state index contributed by atoms with van der Waals surface area (Å²) in [5.74, 6) is 0.275. The molecule has 0 bridgehead atoms. The van der Waals surface area contributed by atoms with E-state index < -0.39 is 9.75 Å². The molecular formula is C17H27Cl2N3O2. The molecule has 0 aromatic carbocycles. The lowest BCUT2D eigenvalue weighted by Crippen LogP contribution is -2.53. The smallest absolute Gasteiger partial charge is 0.236 e. The van der Waals surface area contributed by atoms with Gasteiger partial charge in [0.1, 0.15) is 4.33 Å². The number of amides is 2. The Morgan fingerprint density at radius 2 is 1.42 bits per heavy atom. The molecule has 2 heterocycles. The number of carbonyl (C=O) groups is 2. The average molecular weight is 376 g/mol. The first-order valence-corrected chi connectivity index (χ1v) is 9.76. The molecule has 3 fully saturated rings. The van der Waals surface area contributed by atoms with Gasteiger partial charge >= 0.3 is 0 Å². The molecule has 7 heteroatoms. The Morgan fingerprint density at radius 3 is 1.92 bits per heavy atom. The van der Waals surface area contributed by atoms with Crippen LogP contribution in [0.4, 0.5) is 0 Å². The highest BCUT2D eigenvalue weighted by atomic mass is 35.5. The molecule has 1 atom stereocenters. The van der Waals surface area contributed by atoms with E-state index >= 15 is 0 Å². The van der Waals surface area contributed by atoms with Gasteiger partial charge in [0.25, 0.3) is 0 Å². The molecular weight excluding hydrogens is 349 g/mol. The van der Waals surface area contributed by atoms with Crippen LogP contribution in [0.25, 0.3) is 0 Å². The zero-order chi connectivity index (χ0) is 17.4. The number of halogens is 2. The van der Waals surface area contributed by atoms with Crippen molar-refractivity contribution in [1.82, 2.24) is 14.7 Å². The summed E-state index contributed by atoms with van der Waals surface area (Å²) in [7, 11) is 0. The highest BCUT2D eigenvalue weighted by Crippen LogP contribution is 2.64. The van der Waals surface area contributed by atoms with Crippen LogP contribution in [0.15, 0.2) is 0 Å². The van der Waals surface area contributed by atoms with Gasteiger partial charge in [0.15, 0.2) is 0 Å². The predicted octanol–water partition coefficient (Wildman–Crippen LogP) is 2.12. The Balaban J connectivity index is 1.45. The van der Waals surface area contributed by atoms with Crippen LogP contribution in [0.2, 0.25) is 0 Å². The molecule has 0 spiro atoms. The number of piperazine rings is 1. The SMILES string of the molecule is CC1(C(=O)N2CCN(CC(=O)N3CCCCCC3)CC2)CC1(Cl)Cl. The topological polar surface area (TPSA) is 43.9 Å². The molecule has 3 aliphatic rings. The van der Waals surface area contributed by atoms with Gasteiger partial charge in [-0.05, 0) is 26.2 Å². The summed E-state index contributed by atoms with van der Waals surface area (Å²) in [6.45, 7) is 6.85. The second-order valence-corrected chi connectivity index (χ2v) is 9.06. The highest BCUT2D eigenvalue weighted by molar-refractivity contribution is 6.53. The summed E-state index contributed by atoms with van der Waals surface area (Å²) in [6.07, 6.45) is 5.21. The summed E-state index contributed by atoms with van der Waals surface area (Å²) in [4.78, 5) is 31.0. The first kappa shape index (κ1) is 18.3. The lowest BCUT2D eigenvalue weighted by molar-refractivity contribution is -0.139. The monoisotopic (exact) mass is 375 g/mol. The Kier molecular flexibility index (Phi) is 5.33. The van der Waals surface area contributed by atoms with E-state index in [0.29, 0.717) is 26.1 Å². The third-order valence-electron chi connectivity index (χ3n) is 5.71. The molecule has 1 saturated carbocycles. The van der Waals surface area contributed by atoms with Gasteiger partial charge in [-0.15, -0.1) is 23.2 Å². The molecule has 2 saturated heterocycles. The number of carbonyl (C=O) groups excluding carboxylic acids is 2. The number of rotatable bonds is 3. The van der Waals surface area contributed by atoms with Gasteiger partial charge in [0, 0.05) is 39.3 Å². The summed E-state index contributed by atoms with van der Waals surface area (Å²) in [5.41, 5.74) is -0.639. The van der Waals surface area contributed by atoms with Crippen LogP contribution in [0.3, 0.4) is 0 Å². The van der Waals surface area contributed by atoms with Crippen LogP contribution in [-0.4, -0.2) is 76.7 Å². The van der Waals surface area contributed by atoms with Crippen molar-refractivity contribution in [2.75, 3.05) is 45.8 Å². The van der Waals surface area contributed by atoms with E-state index in [0.717, 1.165) is 39.0 Å². The van der Waals surface area contributed by atoms with Crippen LogP contribution in [0, 0.1) is 5.41 Å². The summed E-state index contributed by atoms with van der Waals surface area (Å²) < 4.78 is -0.913. The van der Waals surface area contributed by atoms with Gasteiger partial charge < -0.3 is 9.80 Å². The van der Waals surface area contributed by atoms with Crippen LogP contribution < -0.4 is 0 Å². The highest BCUT2D eigenvalue weighted by Gasteiger charge is 2.68. The first-order chi connectivity index (χ1) is 11.3. The summed E-state index contributed by atoms with van der Waals surface area (Å²) in [6, 6.07) is 0. The molecule has 3 rings (SSSR count). The summed E-state index contributed by atoms with van der Waals surface area (Å²) >= 11 is 12.2. The Morgan fingerprint density at radius 1 is 0.875 bits per heavy atom. The van der Waals surface area contributed by atoms with Crippen molar-refractivity contribution in [2.45, 2.75) is 43.4 Å². The molecule has 1 aliphatic carbocycles. The molecule has 136 valence electrons. The average Bonchev–Trinajstić information content (AvgIpc) is 3.19. The van der Waals surface area contributed by atoms with Crippen molar-refractivity contribution >= 4 is 35.0 Å². The van der Waals surface area contributed by atoms with Gasteiger partial charge in [-0.2, -0.15) is 0 Å². The molecule has 0 radical (unpaired) electrons. The molecule has 0 aromatic rings. The normalized spacial score (nSPS) is 30.8. The summed E-state index contributed by atoms with van der Waals surface area (Å²) in [5, 5.41) is 0. The van der Waals surface area contributed by atoms with Crippen molar-refractivity contribution in [2.24, 2.45) is 5.41 Å². The molecule has 1 unspecified atom stereocenters. The number of nitrogens with zero attached hydrogens (tertiary/aromatic N) is 3. The van der Waals surface area contributed by atoms with Gasteiger partial charge in [-0.25, -0.2) is 0 Å². The van der Waals surface area contributed by atoms with Crippen molar-refractivity contribution in [1.29, 1.82) is 0 Å². The van der Waals surface area contributed by atoms with Crippen molar-refractivity contribution in [3.05, 3.63) is 0 Å². The molecule has 24 heavy (non-hydrogen) atoms. The van der Waals surface area contributed by atoms with Crippen molar-refractivity contribution < 1.29 is 9.59 Å². The molecule has 0 N–H and O–H groups in total. The Bertz CT molecular complexity index is 498. The van der Waals surface area contributed by atoms with Crippen molar-refractivity contribution in [3.8, 4) is 0 Å². The van der Waals surface area contributed by atoms with Crippen LogP contribution in [0.5, 0.6) is 0 Å². The van der Waals surface area contributed by atoms with Gasteiger partial charge in [-0.1, -0.05) is 12.8 Å². The largest absolute Gasteiger partial charge is 0.342 e. The van der Waals surface area contributed by atoms with E-state index in [4.69, 9.17) is 23.2 Å². The fraction of sp³-hybridized carbons (Fsp3) is 0.882. The fourth-order valence-electron chi connectivity index (χ4n) is 3.70. The Hall–Kier alpha value is -0.520. The van der Waals surface area contributed by atoms with E-state index in [1.54, 1.807) is 0 Å². The Labute approximate surface area is 154 Å². The van der Waals surface area contributed by atoms with E-state index in [9.17, 15) is 9.59 Å². The zero-order valence-corrected chi connectivity index (χ0v) is 15.9. The maximum Gasteiger partial charge on any atom is 0.236 e. The number of likely N-dealkylation sites (tertiary alicyclic amines) is 1. The third-order valence-corrected chi connectivity index (χ3v) is 6.81. The van der Waals surface area contributed by atoms with E-state index in [-0.39, 0.29) is 11.8 Å². The second kappa shape index (κ2) is 7.00. The maximum atomic E-state index is 12.6. The quantitative estimate of drug-likeness (QED) is 0.709. The number of hydrogen-bond acceptors (Lipinski definition) is 3. The van der Waals surface area contributed by atoms with E-state index in [2.05, 4.69) is 4.90 Å². The lowest BCUT2D eigenvalue weighted by atomic mass is 10.1. The second-order valence-electron chi connectivity index (χ2n) is 7.58. The number of alkyl halides is 2. The molecule has 2 aliphatic heterocycles. The van der Waals surface area contributed by atoms with Crippen LogP contribution in [0.1, 0.15) is 39.0 Å². The number of hydrogen-bond donors (Lipinski definition) is 0. The first-order valence-electron chi connectivity index (χ1n) is 9.01. The minimum Gasteiger partial charge on any atom is -0.342 e. The molecule has 5 nitrogen and oxygen atoms in total. The molecule has 2 amide bonds. The fourth-order valence-corrected chi connectivity index (χ4v) is 4.40. The van der Waals surface area contributed by atoms with Gasteiger partial charge in [0.2, 0.25) is 11.8 Å². The van der Waals surface area contributed by atoms with Crippen LogP contribution in [-0.2, 0) is 9.59 Å². The van der Waals surface area contributed by atoms with E-state index in [1.165, 1.54) is 12.8 Å². The maximum absolute atomic E-state index is 12.6. The van der Waals surface area contributed by atoms with Crippen molar-refractivity contribution in [3.63, 3.8) is 0 Å². The minimum atomic E-state index is -0.913. The lowest BCUT2D eigenvalue weighted by Gasteiger charge is -2.36. The third kappa shape index (κ3) is 3.68. The predicted molar refractivity (Wildman–Crippen MR) is 95.2 cm³/mol. The van der Waals surface area contributed by atoms with Gasteiger partial charge in [-0.3, -0.25) is 14.5 Å². The van der Waals surface area contributed by atoms with E-state index in [1.807, 2.05) is 16.7 Å².